The van der Waals surface area contributed by atoms with Crippen LogP contribution in [0.4, 0.5) is 0 Å². The largest absolute Gasteiger partial charge is 0.275 e. The van der Waals surface area contributed by atoms with Crippen LogP contribution in [0, 0.1) is 5.92 Å². The highest BCUT2D eigenvalue weighted by Gasteiger charge is 2.61. The summed E-state index contributed by atoms with van der Waals surface area (Å²) in [6, 6.07) is 0. The van der Waals surface area contributed by atoms with Gasteiger partial charge in [0, 0.05) is 0 Å². The minimum Gasteiger partial charge on any atom is -0.275 e. The first-order chi connectivity index (χ1) is 6.97. The molecule has 0 aromatic carbocycles. The maximum Gasteiger partial charge on any atom is -0.0197 e. The summed E-state index contributed by atoms with van der Waals surface area (Å²) in [5.74, 6) is 0.840. The average Bonchev–Trinajstić information content (AvgIpc) is 2.08. The van der Waals surface area contributed by atoms with Crippen molar-refractivity contribution in [2.75, 3.05) is 18.8 Å². The fourth-order valence-electron chi connectivity index (χ4n) is 4.16. The second-order valence-corrected chi connectivity index (χ2v) is 18.2. The summed E-state index contributed by atoms with van der Waals surface area (Å²) in [4.78, 5) is 0. The molecule has 0 spiro atoms. The van der Waals surface area contributed by atoms with E-state index in [4.69, 9.17) is 0 Å². The highest BCUT2D eigenvalue weighted by molar-refractivity contribution is 8.64. The Morgan fingerprint density at radius 2 is 1.44 bits per heavy atom. The number of rotatable bonds is 2. The molecule has 0 aromatic rings. The zero-order chi connectivity index (χ0) is 12.8. The summed E-state index contributed by atoms with van der Waals surface area (Å²) >= 11 is 0. The van der Waals surface area contributed by atoms with Crippen molar-refractivity contribution < 1.29 is 0 Å². The Labute approximate surface area is 103 Å². The summed E-state index contributed by atoms with van der Waals surface area (Å²) in [7, 11) is -1.94. The fourth-order valence-corrected chi connectivity index (χ4v) is 10.9. The normalized spacial score (nSPS) is 40.9. The Kier molecular flexibility index (Phi) is 3.09. The molecule has 2 unspecified atom stereocenters. The summed E-state index contributed by atoms with van der Waals surface area (Å²) in [6.45, 7) is 12.4. The maximum absolute atomic E-state index is 2.69. The highest BCUT2D eigenvalue weighted by atomic mass is 32.4. The molecule has 1 heterocycles. The van der Waals surface area contributed by atoms with Crippen LogP contribution in [0.15, 0.2) is 0 Å². The van der Waals surface area contributed by atoms with Gasteiger partial charge in [-0.3, -0.25) is 8.29 Å². The van der Waals surface area contributed by atoms with Crippen LogP contribution in [0.2, 0.25) is 0 Å². The lowest BCUT2D eigenvalue weighted by Gasteiger charge is -2.85. The van der Waals surface area contributed by atoms with Gasteiger partial charge in [-0.15, -0.1) is 0 Å². The van der Waals surface area contributed by atoms with Crippen molar-refractivity contribution in [1.29, 1.82) is 0 Å². The third-order valence-corrected chi connectivity index (χ3v) is 17.5. The SMILES string of the molecule is CC(C)C1CCCC(C)S1(C)(C)(C)C(C)C. The molecule has 0 aromatic heterocycles. The molecule has 0 nitrogen and oxygen atoms in total. The standard InChI is InChI=1S/C15H34S/c1-12(2)15-11-9-10-14(5)16(15,6,7,8)13(3)4/h12-15H,9-11H2,1-8H3. The molecule has 0 amide bonds. The lowest BCUT2D eigenvalue weighted by atomic mass is 10.0. The smallest absolute Gasteiger partial charge is 0.0197 e. The van der Waals surface area contributed by atoms with Gasteiger partial charge in [-0.05, 0) is 53.3 Å². The molecule has 0 bridgehead atoms. The first kappa shape index (κ1) is 14.4. The molecule has 1 aliphatic heterocycles. The van der Waals surface area contributed by atoms with Crippen LogP contribution in [-0.4, -0.2) is 34.5 Å². The molecule has 1 aliphatic rings. The third-order valence-electron chi connectivity index (χ3n) is 6.73. The second kappa shape index (κ2) is 3.43. The summed E-state index contributed by atoms with van der Waals surface area (Å²) in [6.07, 6.45) is 12.4. The topological polar surface area (TPSA) is 0 Å². The minimum absolute atomic E-state index is 0.836. The van der Waals surface area contributed by atoms with E-state index in [9.17, 15) is 0 Å². The van der Waals surface area contributed by atoms with Crippen LogP contribution < -0.4 is 0 Å². The Hall–Kier alpha value is 0.350. The summed E-state index contributed by atoms with van der Waals surface area (Å²) < 4.78 is 0. The van der Waals surface area contributed by atoms with Gasteiger partial charge in [0.2, 0.25) is 0 Å². The lowest BCUT2D eigenvalue weighted by molar-refractivity contribution is 0.492. The number of hydrogen-bond donors (Lipinski definition) is 0. The zero-order valence-electron chi connectivity index (χ0n) is 12.8. The molecular formula is C15H34S. The van der Waals surface area contributed by atoms with E-state index in [-0.39, 0.29) is 0 Å². The van der Waals surface area contributed by atoms with Crippen LogP contribution in [0.1, 0.15) is 53.9 Å². The highest BCUT2D eigenvalue weighted by Crippen LogP contribution is 2.93. The van der Waals surface area contributed by atoms with E-state index in [0.29, 0.717) is 0 Å². The minimum atomic E-state index is -1.94. The van der Waals surface area contributed by atoms with Crippen molar-refractivity contribution in [2.45, 2.75) is 69.6 Å². The molecule has 1 heteroatoms. The van der Waals surface area contributed by atoms with Crippen LogP contribution >= 0.6 is 8.29 Å². The van der Waals surface area contributed by atoms with Crippen molar-refractivity contribution in [3.63, 3.8) is 0 Å². The first-order valence-corrected chi connectivity index (χ1v) is 10.8. The van der Waals surface area contributed by atoms with Crippen molar-refractivity contribution in [1.82, 2.24) is 0 Å². The van der Waals surface area contributed by atoms with Gasteiger partial charge < -0.3 is 0 Å². The molecule has 0 saturated carbocycles. The van der Waals surface area contributed by atoms with Gasteiger partial charge in [-0.2, -0.15) is 0 Å². The molecule has 0 radical (unpaired) electrons. The van der Waals surface area contributed by atoms with E-state index in [1.54, 1.807) is 0 Å². The average molecular weight is 247 g/mol. The van der Waals surface area contributed by atoms with Crippen LogP contribution in [0.3, 0.4) is 0 Å². The van der Waals surface area contributed by atoms with E-state index in [2.05, 4.69) is 53.4 Å². The van der Waals surface area contributed by atoms with Gasteiger partial charge in [0.25, 0.3) is 0 Å². The second-order valence-electron chi connectivity index (χ2n) is 8.33. The van der Waals surface area contributed by atoms with E-state index in [1.165, 1.54) is 19.3 Å². The van der Waals surface area contributed by atoms with Gasteiger partial charge in [0.15, 0.2) is 0 Å². The van der Waals surface area contributed by atoms with Crippen LogP contribution in [0.25, 0.3) is 0 Å². The molecule has 0 aliphatic carbocycles. The first-order valence-electron chi connectivity index (χ1n) is 6.97. The molecule has 16 heavy (non-hydrogen) atoms. The molecule has 0 N–H and O–H groups in total. The van der Waals surface area contributed by atoms with E-state index < -0.39 is 8.29 Å². The predicted molar refractivity (Wildman–Crippen MR) is 82.4 cm³/mol. The van der Waals surface area contributed by atoms with Crippen molar-refractivity contribution in [2.24, 2.45) is 5.92 Å². The van der Waals surface area contributed by atoms with Crippen molar-refractivity contribution in [3.05, 3.63) is 0 Å². The van der Waals surface area contributed by atoms with Gasteiger partial charge in [-0.25, -0.2) is 0 Å². The molecule has 1 fully saturated rings. The molecule has 1 rings (SSSR count). The Morgan fingerprint density at radius 1 is 0.938 bits per heavy atom. The Bertz CT molecular complexity index is 277. The lowest BCUT2D eigenvalue weighted by Crippen LogP contribution is -2.59. The molecule has 2 atom stereocenters. The third kappa shape index (κ3) is 1.57. The summed E-state index contributed by atoms with van der Waals surface area (Å²) in [5, 5.41) is 2.70. The fraction of sp³-hybridized carbons (Fsp3) is 1.00. The maximum atomic E-state index is 2.69. The van der Waals surface area contributed by atoms with E-state index >= 15 is 0 Å². The van der Waals surface area contributed by atoms with Crippen LogP contribution in [-0.2, 0) is 0 Å². The molecule has 1 saturated heterocycles. The Morgan fingerprint density at radius 3 is 1.75 bits per heavy atom. The van der Waals surface area contributed by atoms with Gasteiger partial charge in [0.05, 0.1) is 0 Å². The van der Waals surface area contributed by atoms with Crippen molar-refractivity contribution >= 4 is 8.29 Å². The summed E-state index contributed by atoms with van der Waals surface area (Å²) in [5.41, 5.74) is 0. The van der Waals surface area contributed by atoms with Gasteiger partial charge >= 0.3 is 0 Å². The molecule has 100 valence electrons. The van der Waals surface area contributed by atoms with E-state index in [0.717, 1.165) is 21.7 Å². The van der Waals surface area contributed by atoms with Crippen molar-refractivity contribution in [3.8, 4) is 0 Å². The monoisotopic (exact) mass is 246 g/mol. The van der Waals surface area contributed by atoms with Gasteiger partial charge in [-0.1, -0.05) is 41.0 Å². The predicted octanol–water partition coefficient (Wildman–Crippen LogP) is 4.76. The number of hydrogen-bond acceptors (Lipinski definition) is 0. The quantitative estimate of drug-likeness (QED) is 0.659. The Balaban J connectivity index is 3.41. The van der Waals surface area contributed by atoms with E-state index in [1.807, 2.05) is 0 Å². The van der Waals surface area contributed by atoms with Crippen LogP contribution in [0.5, 0.6) is 0 Å². The van der Waals surface area contributed by atoms with Gasteiger partial charge in [0.1, 0.15) is 0 Å². The zero-order valence-corrected chi connectivity index (χ0v) is 13.7. The molecular weight excluding hydrogens is 212 g/mol.